The van der Waals surface area contributed by atoms with Crippen molar-refractivity contribution >= 4 is 17.5 Å². The molecular formula is C20H20N4O. The van der Waals surface area contributed by atoms with Crippen LogP contribution in [-0.2, 0) is 0 Å². The van der Waals surface area contributed by atoms with E-state index in [-0.39, 0.29) is 0 Å². The van der Waals surface area contributed by atoms with Gasteiger partial charge in [-0.25, -0.2) is 4.98 Å². The standard InChI is InChI=1S/C20H20N4O/c1-2-8-16(9-3-1)25-18-11-5-4-10-17(18)22-19-12-13-21-20(23-19)24-14-6-7-15-24/h1-5,8-13H,6-7,14-15H2,(H,21,22,23). The minimum atomic E-state index is 0.759. The molecule has 0 atom stereocenters. The first kappa shape index (κ1) is 15.4. The smallest absolute Gasteiger partial charge is 0.227 e. The number of anilines is 3. The fourth-order valence-electron chi connectivity index (χ4n) is 2.90. The highest BCUT2D eigenvalue weighted by Gasteiger charge is 2.15. The van der Waals surface area contributed by atoms with Gasteiger partial charge >= 0.3 is 0 Å². The summed E-state index contributed by atoms with van der Waals surface area (Å²) < 4.78 is 6.00. The Bertz CT molecular complexity index is 832. The molecule has 0 bridgehead atoms. The molecule has 0 spiro atoms. The van der Waals surface area contributed by atoms with Crippen molar-refractivity contribution in [2.45, 2.75) is 12.8 Å². The van der Waals surface area contributed by atoms with Crippen LogP contribution in [0.4, 0.5) is 17.5 Å². The van der Waals surface area contributed by atoms with Crippen LogP contribution >= 0.6 is 0 Å². The summed E-state index contributed by atoms with van der Waals surface area (Å²) in [6, 6.07) is 19.5. The van der Waals surface area contributed by atoms with E-state index in [1.807, 2.05) is 60.7 Å². The van der Waals surface area contributed by atoms with E-state index in [2.05, 4.69) is 20.2 Å². The predicted octanol–water partition coefficient (Wildman–Crippen LogP) is 4.61. The summed E-state index contributed by atoms with van der Waals surface area (Å²) in [4.78, 5) is 11.3. The average Bonchev–Trinajstić information content (AvgIpc) is 3.19. The van der Waals surface area contributed by atoms with Gasteiger partial charge in [-0.15, -0.1) is 0 Å². The maximum absolute atomic E-state index is 6.00. The van der Waals surface area contributed by atoms with Gasteiger partial charge in [-0.05, 0) is 43.2 Å². The molecule has 0 radical (unpaired) electrons. The molecule has 2 heterocycles. The van der Waals surface area contributed by atoms with Crippen LogP contribution in [0.15, 0.2) is 66.9 Å². The van der Waals surface area contributed by atoms with E-state index in [4.69, 9.17) is 4.74 Å². The van der Waals surface area contributed by atoms with Crippen molar-refractivity contribution in [3.05, 3.63) is 66.9 Å². The van der Waals surface area contributed by atoms with Crippen molar-refractivity contribution in [1.82, 2.24) is 9.97 Å². The molecule has 25 heavy (non-hydrogen) atoms. The van der Waals surface area contributed by atoms with Crippen molar-refractivity contribution in [1.29, 1.82) is 0 Å². The van der Waals surface area contributed by atoms with Crippen LogP contribution in [-0.4, -0.2) is 23.1 Å². The fourth-order valence-corrected chi connectivity index (χ4v) is 2.90. The number of ether oxygens (including phenoxy) is 1. The highest BCUT2D eigenvalue weighted by molar-refractivity contribution is 5.65. The first-order valence-electron chi connectivity index (χ1n) is 8.55. The molecule has 1 saturated heterocycles. The third-order valence-corrected chi connectivity index (χ3v) is 4.15. The van der Waals surface area contributed by atoms with Crippen molar-refractivity contribution in [2.75, 3.05) is 23.3 Å². The Kier molecular flexibility index (Phi) is 4.46. The minimum absolute atomic E-state index is 0.759. The first-order chi connectivity index (χ1) is 12.4. The second kappa shape index (κ2) is 7.21. The van der Waals surface area contributed by atoms with Crippen LogP contribution in [0.1, 0.15) is 12.8 Å². The Morgan fingerprint density at radius 3 is 2.48 bits per heavy atom. The lowest BCUT2D eigenvalue weighted by atomic mass is 10.3. The van der Waals surface area contributed by atoms with Gasteiger partial charge in [0, 0.05) is 19.3 Å². The lowest BCUT2D eigenvalue weighted by molar-refractivity contribution is 0.485. The molecule has 0 saturated carbocycles. The van der Waals surface area contributed by atoms with Crippen LogP contribution in [0, 0.1) is 0 Å². The van der Waals surface area contributed by atoms with E-state index in [0.29, 0.717) is 0 Å². The van der Waals surface area contributed by atoms with E-state index in [0.717, 1.165) is 42.0 Å². The zero-order valence-corrected chi connectivity index (χ0v) is 13.9. The Morgan fingerprint density at radius 1 is 0.880 bits per heavy atom. The van der Waals surface area contributed by atoms with Crippen molar-refractivity contribution in [3.8, 4) is 11.5 Å². The molecular weight excluding hydrogens is 312 g/mol. The third-order valence-electron chi connectivity index (χ3n) is 4.15. The lowest BCUT2D eigenvalue weighted by Gasteiger charge is -2.16. The Hall–Kier alpha value is -3.08. The van der Waals surface area contributed by atoms with E-state index >= 15 is 0 Å². The Labute approximate surface area is 147 Å². The maximum Gasteiger partial charge on any atom is 0.227 e. The van der Waals surface area contributed by atoms with Gasteiger partial charge in [0.15, 0.2) is 5.75 Å². The van der Waals surface area contributed by atoms with Crippen LogP contribution in [0.3, 0.4) is 0 Å². The molecule has 0 unspecified atom stereocenters. The van der Waals surface area contributed by atoms with Crippen molar-refractivity contribution in [3.63, 3.8) is 0 Å². The molecule has 5 nitrogen and oxygen atoms in total. The summed E-state index contributed by atoms with van der Waals surface area (Å²) in [6.45, 7) is 2.05. The minimum Gasteiger partial charge on any atom is -0.455 e. The molecule has 1 aliphatic rings. The highest BCUT2D eigenvalue weighted by Crippen LogP contribution is 2.31. The predicted molar refractivity (Wildman–Crippen MR) is 99.7 cm³/mol. The molecule has 126 valence electrons. The second-order valence-corrected chi connectivity index (χ2v) is 5.97. The van der Waals surface area contributed by atoms with Crippen molar-refractivity contribution < 1.29 is 4.74 Å². The number of hydrogen-bond donors (Lipinski definition) is 1. The molecule has 2 aromatic carbocycles. The molecule has 0 aliphatic carbocycles. The van der Waals surface area contributed by atoms with Crippen LogP contribution in [0.5, 0.6) is 11.5 Å². The summed E-state index contributed by atoms with van der Waals surface area (Å²) in [5.41, 5.74) is 0.873. The Morgan fingerprint density at radius 2 is 1.64 bits per heavy atom. The summed E-state index contributed by atoms with van der Waals surface area (Å²) >= 11 is 0. The number of para-hydroxylation sites is 3. The number of nitrogens with zero attached hydrogens (tertiary/aromatic N) is 3. The van der Waals surface area contributed by atoms with Crippen LogP contribution in [0.25, 0.3) is 0 Å². The molecule has 1 aromatic heterocycles. The van der Waals surface area contributed by atoms with Crippen molar-refractivity contribution in [2.24, 2.45) is 0 Å². The normalized spacial score (nSPS) is 13.7. The van der Waals surface area contributed by atoms with Gasteiger partial charge in [-0.1, -0.05) is 30.3 Å². The van der Waals surface area contributed by atoms with Gasteiger partial charge < -0.3 is 15.0 Å². The molecule has 3 aromatic rings. The van der Waals surface area contributed by atoms with Crippen LogP contribution in [0.2, 0.25) is 0 Å². The fraction of sp³-hybridized carbons (Fsp3) is 0.200. The molecule has 5 heteroatoms. The lowest BCUT2D eigenvalue weighted by Crippen LogP contribution is -2.20. The van der Waals surface area contributed by atoms with Gasteiger partial charge in [-0.2, -0.15) is 4.98 Å². The van der Waals surface area contributed by atoms with E-state index in [9.17, 15) is 0 Å². The second-order valence-electron chi connectivity index (χ2n) is 5.97. The number of nitrogens with one attached hydrogen (secondary N) is 1. The maximum atomic E-state index is 6.00. The number of rotatable bonds is 5. The summed E-state index contributed by atoms with van der Waals surface area (Å²) in [6.07, 6.45) is 4.20. The zero-order chi connectivity index (χ0) is 16.9. The monoisotopic (exact) mass is 332 g/mol. The molecule has 1 aliphatic heterocycles. The zero-order valence-electron chi connectivity index (χ0n) is 13.9. The first-order valence-corrected chi connectivity index (χ1v) is 8.55. The van der Waals surface area contributed by atoms with E-state index in [1.54, 1.807) is 6.20 Å². The number of benzene rings is 2. The number of aromatic nitrogens is 2. The highest BCUT2D eigenvalue weighted by atomic mass is 16.5. The molecule has 1 fully saturated rings. The van der Waals surface area contributed by atoms with Gasteiger partial charge in [0.1, 0.15) is 11.6 Å². The third kappa shape index (κ3) is 3.71. The molecule has 4 rings (SSSR count). The van der Waals surface area contributed by atoms with Gasteiger partial charge in [0.2, 0.25) is 5.95 Å². The van der Waals surface area contributed by atoms with Crippen LogP contribution < -0.4 is 15.0 Å². The molecule has 1 N–H and O–H groups in total. The topological polar surface area (TPSA) is 50.3 Å². The molecule has 0 amide bonds. The summed E-state index contributed by atoms with van der Waals surface area (Å²) in [5, 5.41) is 3.35. The largest absolute Gasteiger partial charge is 0.455 e. The van der Waals surface area contributed by atoms with E-state index in [1.165, 1.54) is 12.8 Å². The number of hydrogen-bond acceptors (Lipinski definition) is 5. The van der Waals surface area contributed by atoms with Gasteiger partial charge in [0.05, 0.1) is 5.69 Å². The summed E-state index contributed by atoms with van der Waals surface area (Å²) in [7, 11) is 0. The Balaban J connectivity index is 1.56. The van der Waals surface area contributed by atoms with Gasteiger partial charge in [-0.3, -0.25) is 0 Å². The van der Waals surface area contributed by atoms with E-state index < -0.39 is 0 Å². The SMILES string of the molecule is c1ccc(Oc2ccccc2Nc2ccnc(N3CCCC3)n2)cc1. The summed E-state index contributed by atoms with van der Waals surface area (Å²) in [5.74, 6) is 3.11. The quantitative estimate of drug-likeness (QED) is 0.739. The average molecular weight is 332 g/mol. The van der Waals surface area contributed by atoms with Gasteiger partial charge in [0.25, 0.3) is 0 Å².